The van der Waals surface area contributed by atoms with Gasteiger partial charge in [0, 0.05) is 39.8 Å². The first kappa shape index (κ1) is 22.6. The number of carbonyl (C=O) groups excluding carboxylic acids is 2. The van der Waals surface area contributed by atoms with Gasteiger partial charge in [-0.15, -0.1) is 0 Å². The van der Waals surface area contributed by atoms with E-state index in [-0.39, 0.29) is 17.9 Å². The minimum atomic E-state index is -0.639. The minimum absolute atomic E-state index is 0.0339. The van der Waals surface area contributed by atoms with Crippen molar-refractivity contribution in [3.8, 4) is 6.07 Å². The smallest absolute Gasteiger partial charge is 0.240 e. The lowest BCUT2D eigenvalue weighted by atomic mass is 9.81. The van der Waals surface area contributed by atoms with Gasteiger partial charge in [0.1, 0.15) is 5.54 Å². The van der Waals surface area contributed by atoms with Crippen LogP contribution in [-0.4, -0.2) is 84.4 Å². The molecule has 1 saturated carbocycles. The summed E-state index contributed by atoms with van der Waals surface area (Å²) in [5, 5.41) is 12.7. The van der Waals surface area contributed by atoms with E-state index in [0.29, 0.717) is 19.0 Å². The van der Waals surface area contributed by atoms with Gasteiger partial charge in [-0.2, -0.15) is 5.26 Å². The molecular weight excluding hydrogens is 354 g/mol. The third kappa shape index (κ3) is 5.68. The second kappa shape index (κ2) is 10.2. The summed E-state index contributed by atoms with van der Waals surface area (Å²) >= 11 is 0. The van der Waals surface area contributed by atoms with Gasteiger partial charge in [-0.1, -0.05) is 33.1 Å². The Bertz CT molecular complexity index is 572. The molecule has 1 aliphatic carbocycles. The van der Waals surface area contributed by atoms with Crippen molar-refractivity contribution in [3.63, 3.8) is 0 Å². The summed E-state index contributed by atoms with van der Waals surface area (Å²) in [6, 6.07) is 2.20. The molecule has 7 nitrogen and oxygen atoms in total. The second-order valence-electron chi connectivity index (χ2n) is 8.79. The van der Waals surface area contributed by atoms with Crippen LogP contribution in [0, 0.1) is 17.2 Å². The molecule has 7 heteroatoms. The Morgan fingerprint density at radius 1 is 1.11 bits per heavy atom. The van der Waals surface area contributed by atoms with Crippen LogP contribution in [0.25, 0.3) is 0 Å². The highest BCUT2D eigenvalue weighted by Crippen LogP contribution is 2.33. The van der Waals surface area contributed by atoms with Crippen LogP contribution in [0.5, 0.6) is 0 Å². The number of piperazine rings is 1. The monoisotopic (exact) mass is 391 g/mol. The molecule has 0 bridgehead atoms. The fraction of sp³-hybridized carbons (Fsp3) is 0.857. The number of nitrogens with one attached hydrogen (secondary N) is 1. The normalized spacial score (nSPS) is 21.7. The summed E-state index contributed by atoms with van der Waals surface area (Å²) < 4.78 is 0. The molecule has 2 amide bonds. The van der Waals surface area contributed by atoms with Crippen LogP contribution >= 0.6 is 0 Å². The highest BCUT2D eigenvalue weighted by atomic mass is 16.2. The van der Waals surface area contributed by atoms with Crippen molar-refractivity contribution in [2.45, 2.75) is 64.5 Å². The van der Waals surface area contributed by atoms with E-state index in [4.69, 9.17) is 0 Å². The van der Waals surface area contributed by atoms with Crippen LogP contribution in [0.4, 0.5) is 0 Å². The molecular formula is C21H37N5O2. The number of carbonyl (C=O) groups is 2. The lowest BCUT2D eigenvalue weighted by molar-refractivity contribution is -0.141. The fourth-order valence-electron chi connectivity index (χ4n) is 4.19. The number of hydrogen-bond donors (Lipinski definition) is 1. The molecule has 1 saturated heterocycles. The number of likely N-dealkylation sites (N-methyl/N-ethyl adjacent to an activating group) is 1. The number of amides is 2. The van der Waals surface area contributed by atoms with E-state index in [0.717, 1.165) is 58.3 Å². The number of rotatable bonds is 7. The number of hydrogen-bond acceptors (Lipinski definition) is 5. The summed E-state index contributed by atoms with van der Waals surface area (Å²) in [4.78, 5) is 31.1. The zero-order valence-electron chi connectivity index (χ0n) is 18.0. The summed E-state index contributed by atoms with van der Waals surface area (Å²) in [5.74, 6) is 0.552. The average Bonchev–Trinajstić information content (AvgIpc) is 2.71. The van der Waals surface area contributed by atoms with Crippen LogP contribution in [0.15, 0.2) is 0 Å². The molecule has 0 spiro atoms. The molecule has 1 unspecified atom stereocenters. The van der Waals surface area contributed by atoms with Crippen LogP contribution in [0.2, 0.25) is 0 Å². The molecule has 1 aliphatic heterocycles. The molecule has 0 aromatic heterocycles. The van der Waals surface area contributed by atoms with Crippen LogP contribution in [0.1, 0.15) is 52.9 Å². The zero-order chi connectivity index (χ0) is 20.7. The maximum atomic E-state index is 13.1. The van der Waals surface area contributed by atoms with Gasteiger partial charge in [-0.25, -0.2) is 0 Å². The molecule has 2 aliphatic rings. The maximum Gasteiger partial charge on any atom is 0.240 e. The second-order valence-corrected chi connectivity index (χ2v) is 8.79. The summed E-state index contributed by atoms with van der Waals surface area (Å²) in [5.41, 5.74) is -0.639. The molecule has 0 aromatic rings. The summed E-state index contributed by atoms with van der Waals surface area (Å²) in [6.07, 6.45) is 4.72. The van der Waals surface area contributed by atoms with Crippen molar-refractivity contribution < 1.29 is 9.59 Å². The Morgan fingerprint density at radius 2 is 1.71 bits per heavy atom. The third-order valence-corrected chi connectivity index (χ3v) is 6.25. The van der Waals surface area contributed by atoms with Gasteiger partial charge in [-0.05, 0) is 25.7 Å². The minimum Gasteiger partial charge on any atom is -0.355 e. The van der Waals surface area contributed by atoms with Crippen molar-refractivity contribution in [2.75, 3.05) is 46.3 Å². The largest absolute Gasteiger partial charge is 0.355 e. The van der Waals surface area contributed by atoms with E-state index in [1.54, 1.807) is 11.9 Å². The molecule has 0 aromatic carbocycles. The van der Waals surface area contributed by atoms with Crippen molar-refractivity contribution in [1.29, 1.82) is 5.26 Å². The summed E-state index contributed by atoms with van der Waals surface area (Å²) in [6.45, 7) is 10.3. The van der Waals surface area contributed by atoms with E-state index in [1.165, 1.54) is 0 Å². The molecule has 2 fully saturated rings. The van der Waals surface area contributed by atoms with Crippen LogP contribution in [-0.2, 0) is 9.59 Å². The van der Waals surface area contributed by atoms with Gasteiger partial charge in [0.2, 0.25) is 11.8 Å². The Hall–Kier alpha value is -1.65. The lowest BCUT2D eigenvalue weighted by Crippen LogP contribution is -2.59. The topological polar surface area (TPSA) is 79.7 Å². The molecule has 2 rings (SSSR count). The molecule has 0 radical (unpaired) electrons. The van der Waals surface area contributed by atoms with Gasteiger partial charge in [0.25, 0.3) is 0 Å². The Morgan fingerprint density at radius 3 is 2.25 bits per heavy atom. The highest BCUT2D eigenvalue weighted by Gasteiger charge is 2.41. The molecule has 158 valence electrons. The lowest BCUT2D eigenvalue weighted by Gasteiger charge is -2.43. The SMILES string of the molecule is CC(C)CNC(=O)CN1CCN(C(C)C(=O)N(C)C2(C#N)CCCCC2)CC1. The Labute approximate surface area is 170 Å². The standard InChI is InChI=1S/C21H37N5O2/c1-17(2)14-23-19(27)15-25-10-12-26(13-11-25)18(3)20(28)24(4)21(16-22)8-6-5-7-9-21/h17-18H,5-15H2,1-4H3,(H,23,27). The summed E-state index contributed by atoms with van der Waals surface area (Å²) in [7, 11) is 1.79. The first-order chi connectivity index (χ1) is 13.3. The maximum absolute atomic E-state index is 13.1. The molecule has 28 heavy (non-hydrogen) atoms. The van der Waals surface area contributed by atoms with Crippen molar-refractivity contribution >= 4 is 11.8 Å². The molecule has 1 atom stereocenters. The Balaban J connectivity index is 1.83. The number of nitrogens with zero attached hydrogens (tertiary/aromatic N) is 4. The predicted molar refractivity (Wildman–Crippen MR) is 110 cm³/mol. The van der Waals surface area contributed by atoms with Crippen LogP contribution < -0.4 is 5.32 Å². The van der Waals surface area contributed by atoms with Gasteiger partial charge < -0.3 is 10.2 Å². The molecule has 1 N–H and O–H groups in total. The van der Waals surface area contributed by atoms with Gasteiger partial charge >= 0.3 is 0 Å². The third-order valence-electron chi connectivity index (χ3n) is 6.25. The van der Waals surface area contributed by atoms with Gasteiger partial charge in [0.05, 0.1) is 18.7 Å². The highest BCUT2D eigenvalue weighted by molar-refractivity contribution is 5.82. The fourth-order valence-corrected chi connectivity index (χ4v) is 4.19. The predicted octanol–water partition coefficient (Wildman–Crippen LogP) is 1.45. The van der Waals surface area contributed by atoms with E-state index < -0.39 is 5.54 Å². The van der Waals surface area contributed by atoms with Crippen LogP contribution in [0.3, 0.4) is 0 Å². The quantitative estimate of drug-likeness (QED) is 0.711. The first-order valence-electron chi connectivity index (χ1n) is 10.7. The van der Waals surface area contributed by atoms with Gasteiger partial charge in [0.15, 0.2) is 0 Å². The Kier molecular flexibility index (Phi) is 8.26. The first-order valence-corrected chi connectivity index (χ1v) is 10.7. The van der Waals surface area contributed by atoms with E-state index >= 15 is 0 Å². The number of nitriles is 1. The van der Waals surface area contributed by atoms with E-state index in [2.05, 4.69) is 35.0 Å². The average molecular weight is 392 g/mol. The van der Waals surface area contributed by atoms with Crippen molar-refractivity contribution in [2.24, 2.45) is 5.92 Å². The van der Waals surface area contributed by atoms with Crippen molar-refractivity contribution in [1.82, 2.24) is 20.0 Å². The zero-order valence-corrected chi connectivity index (χ0v) is 18.0. The van der Waals surface area contributed by atoms with E-state index in [1.807, 2.05) is 6.92 Å². The van der Waals surface area contributed by atoms with Gasteiger partial charge in [-0.3, -0.25) is 19.4 Å². The van der Waals surface area contributed by atoms with E-state index in [9.17, 15) is 14.9 Å². The van der Waals surface area contributed by atoms with Crippen molar-refractivity contribution in [3.05, 3.63) is 0 Å². The molecule has 1 heterocycles.